The standard InChI is InChI=1S/C14H21F3N2O4/c1-22-4-2-11-8-23-5-3-19(11)13(21)10-6-12(20)18(7-10)9-14(15,16)17/h10-11H,2-9H2,1H3. The van der Waals surface area contributed by atoms with E-state index in [2.05, 4.69) is 0 Å². The van der Waals surface area contributed by atoms with Crippen molar-refractivity contribution in [3.8, 4) is 0 Å². The predicted octanol–water partition coefficient (Wildman–Crippen LogP) is 0.661. The van der Waals surface area contributed by atoms with E-state index in [1.807, 2.05) is 0 Å². The molecular formula is C14H21F3N2O4. The Morgan fingerprint density at radius 2 is 2.17 bits per heavy atom. The molecule has 2 unspecified atom stereocenters. The average Bonchev–Trinajstić information content (AvgIpc) is 2.84. The molecule has 2 aliphatic heterocycles. The van der Waals surface area contributed by atoms with Crippen molar-refractivity contribution in [2.75, 3.05) is 46.6 Å². The molecule has 6 nitrogen and oxygen atoms in total. The minimum atomic E-state index is -4.45. The van der Waals surface area contributed by atoms with Crippen molar-refractivity contribution < 1.29 is 32.2 Å². The van der Waals surface area contributed by atoms with E-state index in [0.717, 1.165) is 0 Å². The number of likely N-dealkylation sites (tertiary alicyclic amines) is 1. The van der Waals surface area contributed by atoms with Gasteiger partial charge in [0.2, 0.25) is 11.8 Å². The van der Waals surface area contributed by atoms with E-state index in [1.165, 1.54) is 0 Å². The lowest BCUT2D eigenvalue weighted by Crippen LogP contribution is -2.51. The fourth-order valence-electron chi connectivity index (χ4n) is 2.98. The quantitative estimate of drug-likeness (QED) is 0.739. The molecule has 0 radical (unpaired) electrons. The number of alkyl halides is 3. The molecule has 9 heteroatoms. The topological polar surface area (TPSA) is 59.1 Å². The van der Waals surface area contributed by atoms with E-state index in [0.29, 0.717) is 37.7 Å². The van der Waals surface area contributed by atoms with Gasteiger partial charge >= 0.3 is 6.18 Å². The first-order chi connectivity index (χ1) is 10.8. The molecule has 23 heavy (non-hydrogen) atoms. The number of halogens is 3. The Morgan fingerprint density at radius 1 is 1.43 bits per heavy atom. The van der Waals surface area contributed by atoms with Crippen LogP contribution in [0.3, 0.4) is 0 Å². The largest absolute Gasteiger partial charge is 0.406 e. The zero-order chi connectivity index (χ0) is 17.0. The molecule has 0 aromatic rings. The van der Waals surface area contributed by atoms with E-state index in [1.54, 1.807) is 12.0 Å². The van der Waals surface area contributed by atoms with Crippen molar-refractivity contribution in [1.82, 2.24) is 9.80 Å². The highest BCUT2D eigenvalue weighted by molar-refractivity contribution is 5.89. The second kappa shape index (κ2) is 7.48. The molecule has 0 aromatic carbocycles. The molecule has 2 rings (SSSR count). The molecule has 2 amide bonds. The normalized spacial score (nSPS) is 26.0. The number of morpholine rings is 1. The molecule has 0 aromatic heterocycles. The van der Waals surface area contributed by atoms with Gasteiger partial charge in [-0.2, -0.15) is 13.2 Å². The van der Waals surface area contributed by atoms with Gasteiger partial charge in [0.25, 0.3) is 0 Å². The van der Waals surface area contributed by atoms with E-state index in [4.69, 9.17) is 9.47 Å². The van der Waals surface area contributed by atoms with Crippen LogP contribution in [0.2, 0.25) is 0 Å². The van der Waals surface area contributed by atoms with Crippen LogP contribution in [0.1, 0.15) is 12.8 Å². The number of ether oxygens (including phenoxy) is 2. The molecule has 2 heterocycles. The summed E-state index contributed by atoms with van der Waals surface area (Å²) in [6, 6.07) is -0.164. The second-order valence-corrected chi connectivity index (χ2v) is 5.83. The number of rotatable bonds is 5. The molecule has 2 atom stereocenters. The Morgan fingerprint density at radius 3 is 2.83 bits per heavy atom. The summed E-state index contributed by atoms with van der Waals surface area (Å²) in [6.07, 6.45) is -4.02. The first-order valence-corrected chi connectivity index (χ1v) is 7.53. The maximum atomic E-state index is 12.6. The van der Waals surface area contributed by atoms with Gasteiger partial charge in [0, 0.05) is 33.2 Å². The molecule has 0 N–H and O–H groups in total. The highest BCUT2D eigenvalue weighted by atomic mass is 19.4. The van der Waals surface area contributed by atoms with Gasteiger partial charge < -0.3 is 19.3 Å². The first kappa shape index (κ1) is 18.0. The number of carbonyl (C=O) groups excluding carboxylic acids is 2. The maximum Gasteiger partial charge on any atom is 0.406 e. The molecular weight excluding hydrogens is 317 g/mol. The van der Waals surface area contributed by atoms with Gasteiger partial charge in [-0.15, -0.1) is 0 Å². The first-order valence-electron chi connectivity index (χ1n) is 7.53. The zero-order valence-electron chi connectivity index (χ0n) is 13.0. The van der Waals surface area contributed by atoms with Gasteiger partial charge in [0.1, 0.15) is 6.54 Å². The number of methoxy groups -OCH3 is 1. The summed E-state index contributed by atoms with van der Waals surface area (Å²) in [5.41, 5.74) is 0. The number of hydrogen-bond acceptors (Lipinski definition) is 4. The third-order valence-corrected chi connectivity index (χ3v) is 4.10. The van der Waals surface area contributed by atoms with Gasteiger partial charge in [0.05, 0.1) is 25.2 Å². The van der Waals surface area contributed by atoms with Crippen molar-refractivity contribution in [3.63, 3.8) is 0 Å². The fraction of sp³-hybridized carbons (Fsp3) is 0.857. The minimum absolute atomic E-state index is 0.163. The molecule has 132 valence electrons. The third-order valence-electron chi connectivity index (χ3n) is 4.10. The summed E-state index contributed by atoms with van der Waals surface area (Å²) in [4.78, 5) is 26.7. The van der Waals surface area contributed by atoms with Crippen molar-refractivity contribution in [2.24, 2.45) is 5.92 Å². The smallest absolute Gasteiger partial charge is 0.385 e. The van der Waals surface area contributed by atoms with Crippen molar-refractivity contribution in [1.29, 1.82) is 0 Å². The van der Waals surface area contributed by atoms with Crippen LogP contribution in [0.25, 0.3) is 0 Å². The van der Waals surface area contributed by atoms with Crippen LogP contribution in [0.4, 0.5) is 13.2 Å². The van der Waals surface area contributed by atoms with Gasteiger partial charge in [0.15, 0.2) is 0 Å². The van der Waals surface area contributed by atoms with Gasteiger partial charge in [-0.3, -0.25) is 9.59 Å². The van der Waals surface area contributed by atoms with E-state index < -0.39 is 24.5 Å². The molecule has 0 bridgehead atoms. The van der Waals surface area contributed by atoms with Crippen LogP contribution >= 0.6 is 0 Å². The SMILES string of the molecule is COCCC1COCCN1C(=O)C1CC(=O)N(CC(F)(F)F)C1. The Labute approximate surface area is 132 Å². The molecule has 2 saturated heterocycles. The van der Waals surface area contributed by atoms with E-state index in [9.17, 15) is 22.8 Å². The molecule has 0 aliphatic carbocycles. The fourth-order valence-corrected chi connectivity index (χ4v) is 2.98. The molecule has 0 spiro atoms. The average molecular weight is 338 g/mol. The maximum absolute atomic E-state index is 12.6. The minimum Gasteiger partial charge on any atom is -0.385 e. The van der Waals surface area contributed by atoms with Crippen LogP contribution in [0.15, 0.2) is 0 Å². The molecule has 0 saturated carbocycles. The Hall–Kier alpha value is -1.35. The van der Waals surface area contributed by atoms with E-state index in [-0.39, 0.29) is 24.9 Å². The summed E-state index contributed by atoms with van der Waals surface area (Å²) < 4.78 is 47.7. The van der Waals surface area contributed by atoms with Crippen molar-refractivity contribution in [3.05, 3.63) is 0 Å². The van der Waals surface area contributed by atoms with Crippen molar-refractivity contribution in [2.45, 2.75) is 25.1 Å². The lowest BCUT2D eigenvalue weighted by molar-refractivity contribution is -0.157. The van der Waals surface area contributed by atoms with Crippen LogP contribution in [-0.2, 0) is 19.1 Å². The van der Waals surface area contributed by atoms with Crippen molar-refractivity contribution >= 4 is 11.8 Å². The summed E-state index contributed by atoms with van der Waals surface area (Å²) in [5.74, 6) is -1.61. The number of nitrogens with zero attached hydrogens (tertiary/aromatic N) is 2. The zero-order valence-corrected chi connectivity index (χ0v) is 13.0. The van der Waals surface area contributed by atoms with Gasteiger partial charge in [-0.05, 0) is 6.42 Å². The molecule has 2 fully saturated rings. The Kier molecular flexibility index (Phi) is 5.85. The lowest BCUT2D eigenvalue weighted by Gasteiger charge is -2.37. The number of amides is 2. The highest BCUT2D eigenvalue weighted by Gasteiger charge is 2.42. The van der Waals surface area contributed by atoms with Crippen LogP contribution in [0.5, 0.6) is 0 Å². The van der Waals surface area contributed by atoms with Gasteiger partial charge in [-0.25, -0.2) is 0 Å². The highest BCUT2D eigenvalue weighted by Crippen LogP contribution is 2.26. The summed E-state index contributed by atoms with van der Waals surface area (Å²) in [6.45, 7) is 0.139. The van der Waals surface area contributed by atoms with Crippen LogP contribution in [-0.4, -0.2) is 80.4 Å². The van der Waals surface area contributed by atoms with Crippen LogP contribution in [0, 0.1) is 5.92 Å². The number of carbonyl (C=O) groups is 2. The molecule has 2 aliphatic rings. The Balaban J connectivity index is 1.97. The monoisotopic (exact) mass is 338 g/mol. The Bertz CT molecular complexity index is 444. The third kappa shape index (κ3) is 4.81. The number of hydrogen-bond donors (Lipinski definition) is 0. The lowest BCUT2D eigenvalue weighted by atomic mass is 10.0. The summed E-state index contributed by atoms with van der Waals surface area (Å²) in [5, 5.41) is 0. The summed E-state index contributed by atoms with van der Waals surface area (Å²) >= 11 is 0. The summed E-state index contributed by atoms with van der Waals surface area (Å²) in [7, 11) is 1.56. The van der Waals surface area contributed by atoms with Gasteiger partial charge in [-0.1, -0.05) is 0 Å². The van der Waals surface area contributed by atoms with E-state index >= 15 is 0 Å². The predicted molar refractivity (Wildman–Crippen MR) is 73.6 cm³/mol. The van der Waals surface area contributed by atoms with Crippen LogP contribution < -0.4 is 0 Å². The second-order valence-electron chi connectivity index (χ2n) is 5.83.